The zero-order valence-electron chi connectivity index (χ0n) is 15.1. The van der Waals surface area contributed by atoms with Gasteiger partial charge in [-0.2, -0.15) is 0 Å². The fourth-order valence-corrected chi connectivity index (χ4v) is 5.22. The molecule has 27 heavy (non-hydrogen) atoms. The number of sulfonamides is 1. The number of nitrogens with zero attached hydrogens (tertiary/aromatic N) is 1. The number of nitrogens with one attached hydrogen (secondary N) is 1. The molecule has 0 spiro atoms. The van der Waals surface area contributed by atoms with E-state index in [0.29, 0.717) is 35.9 Å². The molecule has 4 rings (SSSR count). The van der Waals surface area contributed by atoms with Crippen molar-refractivity contribution in [3.63, 3.8) is 0 Å². The number of allylic oxidation sites excluding steroid dienone is 1. The standard InChI is InChI=1S/C21H21ClN2O2S/c1-15-8-10-16(11-9-15)27(25,26)24-14-12-18-17-5-2-3-6-19(17)23-21(18)20(24)7-4-13-22/h2-3,5-11,23H,4,12-14H2,1H3/b20-7-. The van der Waals surface area contributed by atoms with E-state index in [9.17, 15) is 8.42 Å². The molecule has 0 aliphatic carbocycles. The molecule has 0 saturated heterocycles. The van der Waals surface area contributed by atoms with Gasteiger partial charge >= 0.3 is 0 Å². The van der Waals surface area contributed by atoms with Crippen LogP contribution in [0.3, 0.4) is 0 Å². The molecule has 2 heterocycles. The summed E-state index contributed by atoms with van der Waals surface area (Å²) in [7, 11) is -3.64. The van der Waals surface area contributed by atoms with Gasteiger partial charge in [-0.3, -0.25) is 4.31 Å². The Hall–Kier alpha value is -2.24. The molecule has 4 nitrogen and oxygen atoms in total. The van der Waals surface area contributed by atoms with Crippen LogP contribution in [0.2, 0.25) is 0 Å². The second-order valence-electron chi connectivity index (χ2n) is 6.73. The van der Waals surface area contributed by atoms with Crippen molar-refractivity contribution in [3.8, 4) is 0 Å². The van der Waals surface area contributed by atoms with E-state index < -0.39 is 10.0 Å². The minimum absolute atomic E-state index is 0.310. The highest BCUT2D eigenvalue weighted by Gasteiger charge is 2.33. The number of para-hydroxylation sites is 1. The first-order valence-corrected chi connectivity index (χ1v) is 11.0. The number of aromatic amines is 1. The van der Waals surface area contributed by atoms with E-state index in [1.54, 1.807) is 12.1 Å². The molecule has 2 aromatic carbocycles. The molecular weight excluding hydrogens is 380 g/mol. The molecule has 1 aliphatic heterocycles. The summed E-state index contributed by atoms with van der Waals surface area (Å²) < 4.78 is 28.2. The summed E-state index contributed by atoms with van der Waals surface area (Å²) in [6.07, 6.45) is 3.19. The molecule has 0 bridgehead atoms. The number of hydrogen-bond acceptors (Lipinski definition) is 2. The zero-order chi connectivity index (χ0) is 19.0. The third-order valence-electron chi connectivity index (χ3n) is 4.96. The van der Waals surface area contributed by atoms with Gasteiger partial charge in [0, 0.05) is 23.3 Å². The molecule has 1 aromatic heterocycles. The van der Waals surface area contributed by atoms with Crippen LogP contribution in [-0.2, 0) is 16.4 Å². The van der Waals surface area contributed by atoms with E-state index in [1.807, 2.05) is 43.3 Å². The Bertz CT molecular complexity index is 1110. The quantitative estimate of drug-likeness (QED) is 0.645. The first-order valence-electron chi connectivity index (χ1n) is 8.98. The average Bonchev–Trinajstić information content (AvgIpc) is 3.05. The Balaban J connectivity index is 1.85. The number of H-pyrrole nitrogens is 1. The van der Waals surface area contributed by atoms with E-state index in [1.165, 1.54) is 9.87 Å². The van der Waals surface area contributed by atoms with Gasteiger partial charge in [-0.25, -0.2) is 8.42 Å². The van der Waals surface area contributed by atoms with E-state index in [2.05, 4.69) is 11.1 Å². The molecule has 0 unspecified atom stereocenters. The first-order chi connectivity index (χ1) is 13.0. The maximum atomic E-state index is 13.3. The van der Waals surface area contributed by atoms with E-state index in [-0.39, 0.29) is 0 Å². The molecule has 3 aromatic rings. The van der Waals surface area contributed by atoms with Crippen LogP contribution in [0.4, 0.5) is 0 Å². The summed E-state index contributed by atoms with van der Waals surface area (Å²) in [5.41, 5.74) is 4.79. The van der Waals surface area contributed by atoms with Gasteiger partial charge in [-0.15, -0.1) is 11.6 Å². The highest BCUT2D eigenvalue weighted by Crippen LogP contribution is 2.37. The maximum absolute atomic E-state index is 13.3. The van der Waals surface area contributed by atoms with Crippen molar-refractivity contribution in [2.24, 2.45) is 0 Å². The van der Waals surface area contributed by atoms with Crippen LogP contribution in [0.15, 0.2) is 59.5 Å². The van der Waals surface area contributed by atoms with Crippen molar-refractivity contribution in [2.45, 2.75) is 24.7 Å². The third-order valence-corrected chi connectivity index (χ3v) is 7.00. The SMILES string of the molecule is Cc1ccc(S(=O)(=O)N2CCc3c([nH]c4ccccc34)/C2=C/CCCl)cc1. The van der Waals surface area contributed by atoms with Crippen molar-refractivity contribution < 1.29 is 8.42 Å². The molecule has 1 aliphatic rings. The number of hydrogen-bond donors (Lipinski definition) is 1. The van der Waals surface area contributed by atoms with Gasteiger partial charge in [0.15, 0.2) is 0 Å². The number of aryl methyl sites for hydroxylation is 1. The van der Waals surface area contributed by atoms with Crippen LogP contribution in [0.1, 0.15) is 23.2 Å². The Kier molecular flexibility index (Phi) is 4.74. The van der Waals surface area contributed by atoms with Crippen LogP contribution in [0, 0.1) is 6.92 Å². The molecule has 1 N–H and O–H groups in total. The maximum Gasteiger partial charge on any atom is 0.264 e. The number of aromatic nitrogens is 1. The van der Waals surface area contributed by atoms with Gasteiger partial charge in [-0.05, 0) is 43.5 Å². The summed E-state index contributed by atoms with van der Waals surface area (Å²) >= 11 is 5.90. The topological polar surface area (TPSA) is 53.2 Å². The number of halogens is 1. The summed E-state index contributed by atoms with van der Waals surface area (Å²) in [5, 5.41) is 1.15. The zero-order valence-corrected chi connectivity index (χ0v) is 16.6. The number of fused-ring (bicyclic) bond motifs is 3. The third kappa shape index (κ3) is 3.15. The minimum atomic E-state index is -3.64. The van der Waals surface area contributed by atoms with Crippen molar-refractivity contribution >= 4 is 38.2 Å². The van der Waals surface area contributed by atoms with E-state index in [0.717, 1.165) is 22.2 Å². The lowest BCUT2D eigenvalue weighted by Crippen LogP contribution is -2.35. The normalized spacial score (nSPS) is 16.1. The van der Waals surface area contributed by atoms with Gasteiger partial charge in [0.2, 0.25) is 0 Å². The molecule has 0 amide bonds. The Morgan fingerprint density at radius 3 is 2.63 bits per heavy atom. The summed E-state index contributed by atoms with van der Waals surface area (Å²) in [5.74, 6) is 0.442. The van der Waals surface area contributed by atoms with Gasteiger partial charge < -0.3 is 4.98 Å². The predicted molar refractivity (Wildman–Crippen MR) is 110 cm³/mol. The Morgan fingerprint density at radius 2 is 1.89 bits per heavy atom. The van der Waals surface area contributed by atoms with E-state index in [4.69, 9.17) is 11.6 Å². The predicted octanol–water partition coefficient (Wildman–Crippen LogP) is 4.69. The van der Waals surface area contributed by atoms with E-state index >= 15 is 0 Å². The number of alkyl halides is 1. The molecule has 140 valence electrons. The van der Waals surface area contributed by atoms with Crippen molar-refractivity contribution in [2.75, 3.05) is 12.4 Å². The monoisotopic (exact) mass is 400 g/mol. The smallest absolute Gasteiger partial charge is 0.264 e. The van der Waals surface area contributed by atoms with Crippen LogP contribution < -0.4 is 0 Å². The van der Waals surface area contributed by atoms with Crippen LogP contribution in [0.5, 0.6) is 0 Å². The van der Waals surface area contributed by atoms with Crippen LogP contribution in [0.25, 0.3) is 16.6 Å². The van der Waals surface area contributed by atoms with Crippen LogP contribution in [-0.4, -0.2) is 30.1 Å². The first kappa shape index (κ1) is 18.1. The molecule has 0 radical (unpaired) electrons. The van der Waals surface area contributed by atoms with Gasteiger partial charge in [0.25, 0.3) is 10.0 Å². The Labute approximate surface area is 164 Å². The lowest BCUT2D eigenvalue weighted by atomic mass is 10.0. The van der Waals surface area contributed by atoms with Gasteiger partial charge in [-0.1, -0.05) is 42.0 Å². The van der Waals surface area contributed by atoms with Gasteiger partial charge in [0.1, 0.15) is 0 Å². The minimum Gasteiger partial charge on any atom is -0.353 e. The Morgan fingerprint density at radius 1 is 1.15 bits per heavy atom. The fraction of sp³-hybridized carbons (Fsp3) is 0.238. The molecular formula is C21H21ClN2O2S. The largest absolute Gasteiger partial charge is 0.353 e. The molecule has 0 saturated carbocycles. The van der Waals surface area contributed by atoms with Crippen LogP contribution >= 0.6 is 11.6 Å². The van der Waals surface area contributed by atoms with Crippen molar-refractivity contribution in [3.05, 3.63) is 71.4 Å². The molecule has 6 heteroatoms. The second-order valence-corrected chi connectivity index (χ2v) is 8.97. The highest BCUT2D eigenvalue weighted by atomic mass is 35.5. The average molecular weight is 401 g/mol. The lowest BCUT2D eigenvalue weighted by Gasteiger charge is -2.31. The molecule has 0 atom stereocenters. The summed E-state index contributed by atoms with van der Waals surface area (Å²) in [4.78, 5) is 3.73. The number of rotatable bonds is 4. The number of benzene rings is 2. The summed E-state index contributed by atoms with van der Waals surface area (Å²) in [6.45, 7) is 2.36. The highest BCUT2D eigenvalue weighted by molar-refractivity contribution is 7.89. The van der Waals surface area contributed by atoms with Gasteiger partial charge in [0.05, 0.1) is 16.3 Å². The van der Waals surface area contributed by atoms with Crippen molar-refractivity contribution in [1.29, 1.82) is 0 Å². The lowest BCUT2D eigenvalue weighted by molar-refractivity contribution is 0.502. The van der Waals surface area contributed by atoms with Crippen molar-refractivity contribution in [1.82, 2.24) is 9.29 Å². The fourth-order valence-electron chi connectivity index (χ4n) is 3.62. The second kappa shape index (κ2) is 7.06. The summed E-state index contributed by atoms with van der Waals surface area (Å²) in [6, 6.07) is 15.1. The molecule has 0 fully saturated rings.